The fourth-order valence-electron chi connectivity index (χ4n) is 2.85. The van der Waals surface area contributed by atoms with E-state index in [0.29, 0.717) is 37.7 Å². The van der Waals surface area contributed by atoms with Gasteiger partial charge in [-0.1, -0.05) is 25.6 Å². The molecular formula is C18H24N4O3S. The topological polar surface area (TPSA) is 71.6 Å². The first-order chi connectivity index (χ1) is 12.5. The van der Waals surface area contributed by atoms with Gasteiger partial charge in [-0.15, -0.1) is 0 Å². The Labute approximate surface area is 157 Å². The Balaban J connectivity index is 1.54. The highest BCUT2D eigenvalue weighted by molar-refractivity contribution is 7.98. The third kappa shape index (κ3) is 4.12. The average molecular weight is 376 g/mol. The molecule has 1 fully saturated rings. The number of aryl methyl sites for hydroxylation is 1. The smallest absolute Gasteiger partial charge is 0.289 e. The van der Waals surface area contributed by atoms with Gasteiger partial charge in [0.15, 0.2) is 10.9 Å². The first-order valence-electron chi connectivity index (χ1n) is 8.72. The van der Waals surface area contributed by atoms with Gasteiger partial charge in [0.2, 0.25) is 5.91 Å². The molecule has 7 nitrogen and oxygen atoms in total. The van der Waals surface area contributed by atoms with Gasteiger partial charge >= 0.3 is 0 Å². The molecule has 3 heterocycles. The molecule has 0 radical (unpaired) electrons. The van der Waals surface area contributed by atoms with Crippen LogP contribution < -0.4 is 0 Å². The second-order valence-corrected chi connectivity index (χ2v) is 7.59. The lowest BCUT2D eigenvalue weighted by Gasteiger charge is -2.35. The first kappa shape index (κ1) is 18.6. The molecule has 0 N–H and O–H groups in total. The van der Waals surface area contributed by atoms with Gasteiger partial charge in [-0.3, -0.25) is 9.59 Å². The molecule has 0 saturated carbocycles. The predicted molar refractivity (Wildman–Crippen MR) is 98.8 cm³/mol. The number of thioether (sulfide) groups is 1. The number of hydrogen-bond donors (Lipinski definition) is 0. The Bertz CT molecular complexity index is 775. The summed E-state index contributed by atoms with van der Waals surface area (Å²) in [6, 6.07) is 3.56. The van der Waals surface area contributed by atoms with Crippen molar-refractivity contribution < 1.29 is 14.0 Å². The van der Waals surface area contributed by atoms with Crippen molar-refractivity contribution in [1.29, 1.82) is 0 Å². The molecule has 1 saturated heterocycles. The zero-order valence-electron chi connectivity index (χ0n) is 15.3. The molecular weight excluding hydrogens is 352 g/mol. The molecule has 3 rings (SSSR count). The number of carbonyl (C=O) groups excluding carboxylic acids is 2. The van der Waals surface area contributed by atoms with Gasteiger partial charge in [-0.05, 0) is 12.1 Å². The van der Waals surface area contributed by atoms with E-state index in [2.05, 4.69) is 4.98 Å². The number of nitrogens with zero attached hydrogens (tertiary/aromatic N) is 4. The van der Waals surface area contributed by atoms with Crippen molar-refractivity contribution in [3.05, 3.63) is 36.0 Å². The molecule has 0 aliphatic carbocycles. The van der Waals surface area contributed by atoms with Crippen LogP contribution in [0.4, 0.5) is 0 Å². The molecule has 0 bridgehead atoms. The predicted octanol–water partition coefficient (Wildman–Crippen LogP) is 2.25. The van der Waals surface area contributed by atoms with Crippen LogP contribution in [0.5, 0.6) is 0 Å². The summed E-state index contributed by atoms with van der Waals surface area (Å²) in [4.78, 5) is 32.5. The summed E-state index contributed by atoms with van der Waals surface area (Å²) >= 11 is 1.56. The van der Waals surface area contributed by atoms with Crippen molar-refractivity contribution in [1.82, 2.24) is 19.4 Å². The van der Waals surface area contributed by atoms with E-state index in [4.69, 9.17) is 4.42 Å². The van der Waals surface area contributed by atoms with Crippen molar-refractivity contribution in [3.8, 4) is 0 Å². The Morgan fingerprint density at radius 3 is 2.50 bits per heavy atom. The summed E-state index contributed by atoms with van der Waals surface area (Å²) in [6.45, 7) is 6.02. The molecule has 140 valence electrons. The van der Waals surface area contributed by atoms with Gasteiger partial charge in [0.25, 0.3) is 5.91 Å². The molecule has 2 aromatic rings. The SMILES string of the molecule is CC(C)C(=O)N1CCN(C(=O)c2ccc(CSc3nccn3C)o2)CC1. The third-order valence-electron chi connectivity index (χ3n) is 4.37. The van der Waals surface area contributed by atoms with Crippen LogP contribution in [0.1, 0.15) is 30.2 Å². The standard InChI is InChI=1S/C18H24N4O3S/c1-13(2)16(23)21-8-10-22(11-9-21)17(24)15-5-4-14(25-15)12-26-18-19-6-7-20(18)3/h4-7,13H,8-12H2,1-3H3. The maximum Gasteiger partial charge on any atom is 0.289 e. The molecule has 1 aliphatic rings. The molecule has 2 amide bonds. The van der Waals surface area contributed by atoms with Gasteiger partial charge in [0.1, 0.15) is 5.76 Å². The van der Waals surface area contributed by atoms with Crippen LogP contribution in [0.25, 0.3) is 0 Å². The summed E-state index contributed by atoms with van der Waals surface area (Å²) < 4.78 is 7.66. The zero-order valence-corrected chi connectivity index (χ0v) is 16.2. The van der Waals surface area contributed by atoms with E-state index in [0.717, 1.165) is 10.9 Å². The van der Waals surface area contributed by atoms with E-state index in [1.165, 1.54) is 0 Å². The Hall–Kier alpha value is -2.22. The first-order valence-corrected chi connectivity index (χ1v) is 9.71. The van der Waals surface area contributed by atoms with Gasteiger partial charge in [0, 0.05) is 51.5 Å². The van der Waals surface area contributed by atoms with Crippen molar-refractivity contribution in [2.24, 2.45) is 13.0 Å². The quantitative estimate of drug-likeness (QED) is 0.749. The van der Waals surface area contributed by atoms with Crippen LogP contribution in [-0.4, -0.2) is 57.3 Å². The van der Waals surface area contributed by atoms with Gasteiger partial charge in [0.05, 0.1) is 5.75 Å². The third-order valence-corrected chi connectivity index (χ3v) is 5.45. The van der Waals surface area contributed by atoms with Gasteiger partial charge in [-0.25, -0.2) is 4.98 Å². The Morgan fingerprint density at radius 2 is 1.88 bits per heavy atom. The zero-order chi connectivity index (χ0) is 18.7. The molecule has 26 heavy (non-hydrogen) atoms. The minimum Gasteiger partial charge on any atom is -0.455 e. The van der Waals surface area contributed by atoms with E-state index in [1.54, 1.807) is 28.9 Å². The summed E-state index contributed by atoms with van der Waals surface area (Å²) in [5, 5.41) is 0.903. The minimum atomic E-state index is -0.116. The molecule has 0 spiro atoms. The lowest BCUT2D eigenvalue weighted by molar-refractivity contribution is -0.135. The minimum absolute atomic E-state index is 0.0129. The number of furan rings is 1. The van der Waals surface area contributed by atoms with E-state index in [1.807, 2.05) is 42.6 Å². The number of aromatic nitrogens is 2. The summed E-state index contributed by atoms with van der Waals surface area (Å²) in [5.41, 5.74) is 0. The van der Waals surface area contributed by atoms with Crippen molar-refractivity contribution >= 4 is 23.6 Å². The number of imidazole rings is 1. The maximum absolute atomic E-state index is 12.6. The summed E-state index contributed by atoms with van der Waals surface area (Å²) in [5.74, 6) is 1.73. The van der Waals surface area contributed by atoms with Crippen LogP contribution in [0.15, 0.2) is 34.1 Å². The van der Waals surface area contributed by atoms with Crippen LogP contribution in [-0.2, 0) is 17.6 Å². The van der Waals surface area contributed by atoms with Crippen molar-refractivity contribution in [2.75, 3.05) is 26.2 Å². The van der Waals surface area contributed by atoms with E-state index in [9.17, 15) is 9.59 Å². The summed E-state index contributed by atoms with van der Waals surface area (Å²) in [7, 11) is 1.94. The molecule has 0 aromatic carbocycles. The van der Waals surface area contributed by atoms with Crippen molar-refractivity contribution in [2.45, 2.75) is 24.8 Å². The van der Waals surface area contributed by atoms with Crippen LogP contribution >= 0.6 is 11.8 Å². The fourth-order valence-corrected chi connectivity index (χ4v) is 3.67. The highest BCUT2D eigenvalue weighted by Crippen LogP contribution is 2.22. The van der Waals surface area contributed by atoms with Gasteiger partial charge in [-0.2, -0.15) is 0 Å². The number of carbonyl (C=O) groups is 2. The monoisotopic (exact) mass is 376 g/mol. The maximum atomic E-state index is 12.6. The van der Waals surface area contributed by atoms with E-state index in [-0.39, 0.29) is 17.7 Å². The molecule has 1 aliphatic heterocycles. The number of rotatable bonds is 5. The lowest BCUT2D eigenvalue weighted by atomic mass is 10.1. The van der Waals surface area contributed by atoms with E-state index < -0.39 is 0 Å². The molecule has 2 aromatic heterocycles. The highest BCUT2D eigenvalue weighted by atomic mass is 32.2. The lowest BCUT2D eigenvalue weighted by Crippen LogP contribution is -2.51. The Morgan fingerprint density at radius 1 is 1.19 bits per heavy atom. The number of piperazine rings is 1. The highest BCUT2D eigenvalue weighted by Gasteiger charge is 2.27. The second-order valence-electron chi connectivity index (χ2n) is 6.65. The fraction of sp³-hybridized carbons (Fsp3) is 0.500. The van der Waals surface area contributed by atoms with Crippen LogP contribution in [0, 0.1) is 5.92 Å². The summed E-state index contributed by atoms with van der Waals surface area (Å²) in [6.07, 6.45) is 3.65. The second kappa shape index (κ2) is 7.99. The number of amides is 2. The van der Waals surface area contributed by atoms with Gasteiger partial charge < -0.3 is 18.8 Å². The van der Waals surface area contributed by atoms with E-state index >= 15 is 0 Å². The average Bonchev–Trinajstić information content (AvgIpc) is 3.27. The number of hydrogen-bond acceptors (Lipinski definition) is 5. The molecule has 8 heteroatoms. The molecule has 0 atom stereocenters. The van der Waals surface area contributed by atoms with Crippen LogP contribution in [0.3, 0.4) is 0 Å². The largest absolute Gasteiger partial charge is 0.455 e. The Kier molecular flexibility index (Phi) is 5.70. The molecule has 0 unspecified atom stereocenters. The van der Waals surface area contributed by atoms with Crippen molar-refractivity contribution in [3.63, 3.8) is 0 Å². The van der Waals surface area contributed by atoms with Crippen LogP contribution in [0.2, 0.25) is 0 Å². The normalized spacial score (nSPS) is 14.9.